The van der Waals surface area contributed by atoms with Crippen LogP contribution in [0.3, 0.4) is 0 Å². The molecule has 24 heteroatoms. The molecule has 4 amide bonds. The molecule has 24 nitrogen and oxygen atoms in total. The molecular formula is C104H136N8O16. The number of hydrogen-bond donors (Lipinski definition) is 10. The van der Waals surface area contributed by atoms with Gasteiger partial charge in [0.25, 0.3) is 0 Å². The quantitative estimate of drug-likeness (QED) is 0.0158. The van der Waals surface area contributed by atoms with E-state index in [0.717, 1.165) is 73.1 Å². The molecule has 0 aliphatic rings. The van der Waals surface area contributed by atoms with Crippen molar-refractivity contribution in [3.63, 3.8) is 0 Å². The number of carbonyl (C=O) groups excluding carboxylic acids is 6. The van der Waals surface area contributed by atoms with Crippen LogP contribution in [0.15, 0.2) is 249 Å². The zero-order valence-corrected chi connectivity index (χ0v) is 77.4. The van der Waals surface area contributed by atoms with Crippen molar-refractivity contribution in [1.82, 2.24) is 42.5 Å². The smallest absolute Gasteiger partial charge is 0.329 e. The SMILES string of the molecule is CC(C)N[C@@H](Cc1ccccc1)C(=O)N[C@@H](Cc1ccc(OC(C)C)cc1)C(=O)O.CC(C)N[C@@H](Cc1ccccc1)C(=O)N[C@@H](Cc1ccc(OC(C)C)cc1)C(=O)OCc1ccccc1.CC(C)N[C@@H](Cc1ccccc1)C(=O)N[C@H](Cc1ccc(OC(C)C)cc1)C(=O)O.COC(=O)[C@H](Cc1ccc(OC(C)C)cc1)NC(=O)[C@H](Cc1ccccc1)NC(C)C. The van der Waals surface area contributed by atoms with E-state index in [-0.39, 0.29) is 91.7 Å². The van der Waals surface area contributed by atoms with Crippen LogP contribution in [0.4, 0.5) is 0 Å². The van der Waals surface area contributed by atoms with Crippen LogP contribution in [0.25, 0.3) is 0 Å². The lowest BCUT2D eigenvalue weighted by molar-refractivity contribution is -0.149. The highest BCUT2D eigenvalue weighted by molar-refractivity contribution is 5.90. The van der Waals surface area contributed by atoms with Gasteiger partial charge in [-0.1, -0.05) is 256 Å². The summed E-state index contributed by atoms with van der Waals surface area (Å²) in [5.74, 6) is -1.19. The van der Waals surface area contributed by atoms with Gasteiger partial charge in [0.15, 0.2) is 0 Å². The average molecular weight is 1750 g/mol. The number of carboxylic acid groups (broad SMARTS) is 2. The lowest BCUT2D eigenvalue weighted by Gasteiger charge is -2.24. The first-order valence-corrected chi connectivity index (χ1v) is 44.2. The zero-order chi connectivity index (χ0) is 93.6. The molecule has 0 spiro atoms. The third-order valence-corrected chi connectivity index (χ3v) is 19.3. The number of nitrogens with one attached hydrogen (secondary N) is 8. The monoisotopic (exact) mass is 1750 g/mol. The highest BCUT2D eigenvalue weighted by Gasteiger charge is 2.32. The second-order valence-corrected chi connectivity index (χ2v) is 33.9. The molecule has 9 aromatic carbocycles. The number of rotatable bonds is 46. The van der Waals surface area contributed by atoms with Crippen molar-refractivity contribution in [3.05, 3.63) is 299 Å². The average Bonchev–Trinajstić information content (AvgIpc) is 0.875. The Bertz CT molecular complexity index is 4580. The van der Waals surface area contributed by atoms with Crippen molar-refractivity contribution in [2.75, 3.05) is 7.11 Å². The van der Waals surface area contributed by atoms with Crippen molar-refractivity contribution in [3.8, 4) is 23.0 Å². The minimum atomic E-state index is -1.06. The Balaban J connectivity index is 0.000000264. The van der Waals surface area contributed by atoms with E-state index in [4.69, 9.17) is 28.4 Å². The van der Waals surface area contributed by atoms with E-state index < -0.39 is 72.2 Å². The van der Waals surface area contributed by atoms with Gasteiger partial charge in [0.05, 0.1) is 55.7 Å². The van der Waals surface area contributed by atoms with E-state index >= 15 is 0 Å². The number of esters is 2. The first-order valence-electron chi connectivity index (χ1n) is 44.2. The molecule has 8 atom stereocenters. The summed E-state index contributed by atoms with van der Waals surface area (Å²) in [6, 6.07) is 73.0. The van der Waals surface area contributed by atoms with E-state index in [1.165, 1.54) is 7.11 Å². The molecule has 10 N–H and O–H groups in total. The number of methoxy groups -OCH3 is 1. The Morgan fingerprint density at radius 2 is 0.430 bits per heavy atom. The van der Waals surface area contributed by atoms with Crippen LogP contribution < -0.4 is 61.5 Å². The number of carboxylic acids is 2. The van der Waals surface area contributed by atoms with E-state index in [2.05, 4.69) is 42.5 Å². The largest absolute Gasteiger partial charge is 0.491 e. The van der Waals surface area contributed by atoms with Crippen LogP contribution in [-0.2, 0) is 106 Å². The first kappa shape index (κ1) is 105. The minimum Gasteiger partial charge on any atom is -0.491 e. The Kier molecular flexibility index (Phi) is 45.8. The molecule has 0 saturated carbocycles. The highest BCUT2D eigenvalue weighted by atomic mass is 16.5. The van der Waals surface area contributed by atoms with E-state index in [1.807, 2.05) is 360 Å². The molecule has 9 rings (SSSR count). The second kappa shape index (κ2) is 56.1. The standard InChI is InChI=1S/C31H38N2O4.C25H34N2O4.2C24H32N2O4/c1-22(2)32-28(19-24-11-7-5-8-12-24)30(34)33-29(31(35)36-21-26-13-9-6-10-14-26)20-25-15-17-27(18-16-25)37-23(3)4;1-17(2)26-22(15-19-9-7-6-8-10-19)24(28)27-23(25(29)30-5)16-20-11-13-21(14-12-20)31-18(3)4;2*1-16(2)25-21(14-18-8-6-5-7-9-18)23(27)26-22(24(28)29)15-19-10-12-20(13-11-19)30-17(3)4/h5-18,22-23,28-29,32H,19-21H2,1-4H3,(H,33,34);6-14,17-18,22-23,26H,15-16H2,1-5H3,(H,27,28);2*5-13,16-17,21-22,25H,14-15H2,1-4H3,(H,26,27)(H,28,29)/t28-,29-;22-,23-;21-,22+;21-,22-/m0000/s1. The van der Waals surface area contributed by atoms with Crippen LogP contribution in [0.5, 0.6) is 23.0 Å². The number of hydrogen-bond acceptors (Lipinski definition) is 18. The van der Waals surface area contributed by atoms with Gasteiger partial charge in [0.1, 0.15) is 53.8 Å². The fourth-order valence-electron chi connectivity index (χ4n) is 13.6. The van der Waals surface area contributed by atoms with Gasteiger partial charge < -0.3 is 81.2 Å². The molecule has 0 aromatic heterocycles. The fraction of sp³-hybridized carbons (Fsp3) is 0.404. The van der Waals surface area contributed by atoms with Gasteiger partial charge in [-0.25, -0.2) is 19.2 Å². The number of ether oxygens (including phenoxy) is 6. The lowest BCUT2D eigenvalue weighted by Crippen LogP contribution is -2.53. The third-order valence-electron chi connectivity index (χ3n) is 19.3. The van der Waals surface area contributed by atoms with Gasteiger partial charge in [-0.2, -0.15) is 0 Å². The van der Waals surface area contributed by atoms with Crippen molar-refractivity contribution in [1.29, 1.82) is 0 Å². The number of amides is 4. The van der Waals surface area contributed by atoms with Crippen molar-refractivity contribution < 1.29 is 77.0 Å². The van der Waals surface area contributed by atoms with Crippen LogP contribution >= 0.6 is 0 Å². The summed E-state index contributed by atoms with van der Waals surface area (Å²) in [6.07, 6.45) is 3.33. The first-order chi connectivity index (χ1) is 61.1. The molecule has 0 unspecified atom stereocenters. The van der Waals surface area contributed by atoms with Crippen LogP contribution in [0, 0.1) is 0 Å². The van der Waals surface area contributed by atoms with E-state index in [9.17, 15) is 48.6 Å². The molecule has 9 aromatic rings. The van der Waals surface area contributed by atoms with Crippen molar-refractivity contribution in [2.45, 2.75) is 266 Å². The van der Waals surface area contributed by atoms with Crippen LogP contribution in [0.1, 0.15) is 161 Å². The Morgan fingerprint density at radius 1 is 0.242 bits per heavy atom. The molecule has 0 aliphatic heterocycles. The van der Waals surface area contributed by atoms with E-state index in [1.54, 1.807) is 0 Å². The van der Waals surface area contributed by atoms with Gasteiger partial charge in [-0.05, 0) is 180 Å². The topological polar surface area (TPSA) is 329 Å². The maximum absolute atomic E-state index is 13.4. The van der Waals surface area contributed by atoms with Crippen LogP contribution in [-0.4, -0.2) is 162 Å². The summed E-state index contributed by atoms with van der Waals surface area (Å²) in [5, 5.41) is 43.7. The second-order valence-electron chi connectivity index (χ2n) is 33.9. The Labute approximate surface area is 757 Å². The Hall–Kier alpha value is -12.2. The summed E-state index contributed by atoms with van der Waals surface area (Å²) in [4.78, 5) is 101. The summed E-state index contributed by atoms with van der Waals surface area (Å²) in [5.41, 5.74) is 8.44. The molecule has 0 fully saturated rings. The van der Waals surface area contributed by atoms with E-state index in [0.29, 0.717) is 38.5 Å². The Morgan fingerprint density at radius 3 is 0.633 bits per heavy atom. The normalized spacial score (nSPS) is 13.0. The molecular weight excluding hydrogens is 1620 g/mol. The molecule has 0 heterocycles. The molecule has 128 heavy (non-hydrogen) atoms. The van der Waals surface area contributed by atoms with Crippen molar-refractivity contribution >= 4 is 47.5 Å². The third kappa shape index (κ3) is 41.5. The maximum Gasteiger partial charge on any atom is 0.329 e. The molecule has 0 bridgehead atoms. The predicted octanol–water partition coefficient (Wildman–Crippen LogP) is 14.5. The number of aliphatic carboxylic acids is 2. The number of carbonyl (C=O) groups is 8. The summed E-state index contributed by atoms with van der Waals surface area (Å²) < 4.78 is 33.2. The molecule has 0 radical (unpaired) electrons. The van der Waals surface area contributed by atoms with Gasteiger partial charge >= 0.3 is 23.9 Å². The highest BCUT2D eigenvalue weighted by Crippen LogP contribution is 2.22. The summed E-state index contributed by atoms with van der Waals surface area (Å²) >= 11 is 0. The van der Waals surface area contributed by atoms with Gasteiger partial charge in [0.2, 0.25) is 23.6 Å². The zero-order valence-electron chi connectivity index (χ0n) is 77.4. The molecule has 0 aliphatic carbocycles. The van der Waals surface area contributed by atoms with Crippen LogP contribution in [0.2, 0.25) is 0 Å². The minimum absolute atomic E-state index is 0.0666. The van der Waals surface area contributed by atoms with Crippen molar-refractivity contribution in [2.24, 2.45) is 0 Å². The predicted molar refractivity (Wildman–Crippen MR) is 504 cm³/mol. The maximum atomic E-state index is 13.4. The summed E-state index contributed by atoms with van der Waals surface area (Å²) in [7, 11) is 1.33. The van der Waals surface area contributed by atoms with Gasteiger partial charge in [-0.15, -0.1) is 0 Å². The van der Waals surface area contributed by atoms with Gasteiger partial charge in [-0.3, -0.25) is 19.2 Å². The lowest BCUT2D eigenvalue weighted by atomic mass is 10.0. The number of benzene rings is 9. The molecule has 688 valence electrons. The summed E-state index contributed by atoms with van der Waals surface area (Å²) in [6.45, 7) is 31.6. The van der Waals surface area contributed by atoms with Gasteiger partial charge in [0, 0.05) is 49.9 Å². The molecule has 0 saturated heterocycles. The fourth-order valence-corrected chi connectivity index (χ4v) is 13.6.